The predicted molar refractivity (Wildman–Crippen MR) is 56.2 cm³/mol. The Morgan fingerprint density at radius 2 is 2.14 bits per heavy atom. The molecular formula is C10H12N4. The van der Waals surface area contributed by atoms with Crippen molar-refractivity contribution in [3.8, 4) is 0 Å². The molecule has 0 bridgehead atoms. The zero-order valence-electron chi connectivity index (χ0n) is 7.64. The van der Waals surface area contributed by atoms with Crippen LogP contribution in [0.1, 0.15) is 11.5 Å². The average molecular weight is 188 g/mol. The van der Waals surface area contributed by atoms with E-state index in [1.165, 1.54) is 5.56 Å². The summed E-state index contributed by atoms with van der Waals surface area (Å²) in [4.78, 5) is 0. The average Bonchev–Trinajstić information content (AvgIpc) is 2.67. The third kappa shape index (κ3) is 0.943. The molecule has 72 valence electrons. The summed E-state index contributed by atoms with van der Waals surface area (Å²) >= 11 is 0. The Bertz CT molecular complexity index is 387. The third-order valence-corrected chi connectivity index (χ3v) is 2.87. The Balaban J connectivity index is 2.11. The van der Waals surface area contributed by atoms with Crippen LogP contribution in [0, 0.1) is 0 Å². The lowest BCUT2D eigenvalue weighted by Crippen LogP contribution is -2.51. The fourth-order valence-corrected chi connectivity index (χ4v) is 2.15. The van der Waals surface area contributed by atoms with Gasteiger partial charge < -0.3 is 16.5 Å². The Kier molecular flexibility index (Phi) is 1.52. The van der Waals surface area contributed by atoms with Crippen molar-refractivity contribution >= 4 is 11.9 Å². The second-order valence-electron chi connectivity index (χ2n) is 3.72. The number of para-hydroxylation sites is 1. The van der Waals surface area contributed by atoms with Crippen molar-refractivity contribution in [1.82, 2.24) is 5.43 Å². The fraction of sp³-hybridized carbons (Fsp3) is 0.300. The van der Waals surface area contributed by atoms with Crippen LogP contribution in [0.25, 0.3) is 0 Å². The summed E-state index contributed by atoms with van der Waals surface area (Å²) < 4.78 is 0. The lowest BCUT2D eigenvalue weighted by Gasteiger charge is -2.33. The van der Waals surface area contributed by atoms with Gasteiger partial charge in [0.05, 0.1) is 12.2 Å². The van der Waals surface area contributed by atoms with E-state index in [9.17, 15) is 0 Å². The molecule has 3 rings (SSSR count). The molecule has 0 fully saturated rings. The van der Waals surface area contributed by atoms with E-state index in [0.717, 1.165) is 5.69 Å². The van der Waals surface area contributed by atoms with E-state index < -0.39 is 0 Å². The van der Waals surface area contributed by atoms with E-state index in [1.807, 2.05) is 18.3 Å². The molecule has 0 aromatic heterocycles. The van der Waals surface area contributed by atoms with E-state index in [2.05, 4.69) is 28.0 Å². The van der Waals surface area contributed by atoms with Gasteiger partial charge in [-0.1, -0.05) is 18.2 Å². The predicted octanol–water partition coefficient (Wildman–Crippen LogP) is 0.438. The van der Waals surface area contributed by atoms with Gasteiger partial charge in [0.1, 0.15) is 0 Å². The molecule has 4 heteroatoms. The molecule has 0 saturated carbocycles. The molecule has 3 unspecified atom stereocenters. The molecule has 0 saturated heterocycles. The maximum Gasteiger partial charge on any atom is 0.0976 e. The number of rotatable bonds is 0. The van der Waals surface area contributed by atoms with E-state index in [-0.39, 0.29) is 12.2 Å². The highest BCUT2D eigenvalue weighted by Crippen LogP contribution is 2.33. The molecule has 2 aliphatic rings. The minimum absolute atomic E-state index is 0.0719. The minimum atomic E-state index is -0.0719. The molecule has 2 heterocycles. The van der Waals surface area contributed by atoms with Gasteiger partial charge in [-0.3, -0.25) is 0 Å². The first-order valence-corrected chi connectivity index (χ1v) is 4.76. The maximum atomic E-state index is 5.98. The number of benzene rings is 1. The third-order valence-electron chi connectivity index (χ3n) is 2.87. The monoisotopic (exact) mass is 188 g/mol. The van der Waals surface area contributed by atoms with E-state index >= 15 is 0 Å². The van der Waals surface area contributed by atoms with Crippen LogP contribution in [0.5, 0.6) is 0 Å². The van der Waals surface area contributed by atoms with Crippen molar-refractivity contribution in [1.29, 1.82) is 0 Å². The summed E-state index contributed by atoms with van der Waals surface area (Å²) in [6, 6.07) is 8.41. The smallest absolute Gasteiger partial charge is 0.0976 e. The first kappa shape index (κ1) is 7.82. The zero-order chi connectivity index (χ0) is 9.54. The molecule has 1 aromatic carbocycles. The van der Waals surface area contributed by atoms with Crippen LogP contribution >= 0.6 is 0 Å². The van der Waals surface area contributed by atoms with E-state index in [0.29, 0.717) is 5.92 Å². The van der Waals surface area contributed by atoms with Crippen LogP contribution in [0.3, 0.4) is 0 Å². The lowest BCUT2D eigenvalue weighted by molar-refractivity contribution is 0.464. The van der Waals surface area contributed by atoms with Crippen LogP contribution in [0.15, 0.2) is 29.4 Å². The second kappa shape index (κ2) is 2.72. The largest absolute Gasteiger partial charge is 0.368 e. The second-order valence-corrected chi connectivity index (χ2v) is 3.72. The van der Waals surface area contributed by atoms with Crippen LogP contribution in [-0.4, -0.2) is 18.4 Å². The number of anilines is 1. The van der Waals surface area contributed by atoms with Gasteiger partial charge in [0.15, 0.2) is 0 Å². The molecule has 0 amide bonds. The van der Waals surface area contributed by atoms with Gasteiger partial charge in [-0.15, -0.1) is 0 Å². The topological polar surface area (TPSA) is 62.4 Å². The molecule has 3 atom stereocenters. The SMILES string of the molecule is NC1Nc2ccccc2C2C=NNC12. The van der Waals surface area contributed by atoms with Crippen molar-refractivity contribution in [3.05, 3.63) is 29.8 Å². The molecule has 1 aromatic rings. The number of fused-ring (bicyclic) bond motifs is 3. The first-order chi connectivity index (χ1) is 6.86. The molecule has 4 N–H and O–H groups in total. The van der Waals surface area contributed by atoms with Crippen LogP contribution in [0.2, 0.25) is 0 Å². The molecule has 4 nitrogen and oxygen atoms in total. The Labute approximate surface area is 82.2 Å². The summed E-state index contributed by atoms with van der Waals surface area (Å²) in [5, 5.41) is 7.35. The number of nitrogens with two attached hydrogens (primary N) is 1. The number of hydrogen-bond donors (Lipinski definition) is 3. The highest BCUT2D eigenvalue weighted by molar-refractivity contribution is 5.77. The molecule has 2 aliphatic heterocycles. The van der Waals surface area contributed by atoms with Crippen molar-refractivity contribution < 1.29 is 0 Å². The van der Waals surface area contributed by atoms with Crippen LogP contribution in [0.4, 0.5) is 5.69 Å². The summed E-state index contributed by atoms with van der Waals surface area (Å²) in [7, 11) is 0. The molecule has 14 heavy (non-hydrogen) atoms. The number of hydrazone groups is 1. The highest BCUT2D eigenvalue weighted by Gasteiger charge is 2.36. The lowest BCUT2D eigenvalue weighted by atomic mass is 9.87. The molecule has 0 spiro atoms. The summed E-state index contributed by atoms with van der Waals surface area (Å²) in [5.74, 6) is 0.308. The first-order valence-electron chi connectivity index (χ1n) is 4.76. The maximum absolute atomic E-state index is 5.98. The van der Waals surface area contributed by atoms with Gasteiger partial charge in [-0.05, 0) is 11.6 Å². The summed E-state index contributed by atoms with van der Waals surface area (Å²) in [5.41, 5.74) is 11.4. The standard InChI is InChI=1S/C10H12N4/c11-10-9-7(5-12-14-9)6-3-1-2-4-8(6)13-10/h1-5,7,9-10,13-14H,11H2. The minimum Gasteiger partial charge on any atom is -0.368 e. The molecule has 0 aliphatic carbocycles. The van der Waals surface area contributed by atoms with Gasteiger partial charge in [-0.2, -0.15) is 5.10 Å². The quantitative estimate of drug-likeness (QED) is 0.553. The van der Waals surface area contributed by atoms with Gasteiger partial charge in [0, 0.05) is 17.8 Å². The molecular weight excluding hydrogens is 176 g/mol. The van der Waals surface area contributed by atoms with Crippen molar-refractivity contribution in [2.45, 2.75) is 18.1 Å². The highest BCUT2D eigenvalue weighted by atomic mass is 15.4. The van der Waals surface area contributed by atoms with Crippen molar-refractivity contribution in [3.63, 3.8) is 0 Å². The van der Waals surface area contributed by atoms with Crippen molar-refractivity contribution in [2.75, 3.05) is 5.32 Å². The van der Waals surface area contributed by atoms with Gasteiger partial charge >= 0.3 is 0 Å². The van der Waals surface area contributed by atoms with Crippen LogP contribution in [-0.2, 0) is 0 Å². The number of hydrogen-bond acceptors (Lipinski definition) is 4. The normalized spacial score (nSPS) is 32.8. The van der Waals surface area contributed by atoms with Crippen molar-refractivity contribution in [2.24, 2.45) is 10.8 Å². The van der Waals surface area contributed by atoms with Crippen LogP contribution < -0.4 is 16.5 Å². The van der Waals surface area contributed by atoms with E-state index in [4.69, 9.17) is 5.73 Å². The Morgan fingerprint density at radius 1 is 1.29 bits per heavy atom. The zero-order valence-corrected chi connectivity index (χ0v) is 7.64. The van der Waals surface area contributed by atoms with Gasteiger partial charge in [0.2, 0.25) is 0 Å². The van der Waals surface area contributed by atoms with Gasteiger partial charge in [0.25, 0.3) is 0 Å². The molecule has 0 radical (unpaired) electrons. The Hall–Kier alpha value is -1.55. The summed E-state index contributed by atoms with van der Waals surface area (Å²) in [6.45, 7) is 0. The van der Waals surface area contributed by atoms with Gasteiger partial charge in [-0.25, -0.2) is 0 Å². The van der Waals surface area contributed by atoms with E-state index in [1.54, 1.807) is 0 Å². The fourth-order valence-electron chi connectivity index (χ4n) is 2.15. The number of nitrogens with one attached hydrogen (secondary N) is 2. The number of nitrogens with zero attached hydrogens (tertiary/aromatic N) is 1. The summed E-state index contributed by atoms with van der Waals surface area (Å²) in [6.07, 6.45) is 1.86. The Morgan fingerprint density at radius 3 is 3.07 bits per heavy atom.